The van der Waals surface area contributed by atoms with E-state index in [-0.39, 0.29) is 17.4 Å². The number of hydrogen-bond donors (Lipinski definition) is 0. The van der Waals surface area contributed by atoms with E-state index in [1.54, 1.807) is 11.9 Å². The van der Waals surface area contributed by atoms with Gasteiger partial charge in [-0.2, -0.15) is 0 Å². The van der Waals surface area contributed by atoms with Gasteiger partial charge in [0.15, 0.2) is 5.12 Å². The third-order valence-electron chi connectivity index (χ3n) is 3.90. The first-order chi connectivity index (χ1) is 9.50. The third-order valence-corrected chi connectivity index (χ3v) is 4.85. The monoisotopic (exact) mass is 291 g/mol. The summed E-state index contributed by atoms with van der Waals surface area (Å²) in [7, 11) is 1.78. The molecule has 4 heteroatoms. The van der Waals surface area contributed by atoms with Gasteiger partial charge in [0.1, 0.15) is 0 Å². The van der Waals surface area contributed by atoms with Crippen molar-refractivity contribution in [2.24, 2.45) is 0 Å². The number of nitrogens with zero attached hydrogens (tertiary/aromatic N) is 1. The maximum atomic E-state index is 12.5. The second-order valence-corrected chi connectivity index (χ2v) is 6.62. The number of fused-ring (bicyclic) bond motifs is 1. The molecule has 108 valence electrons. The van der Waals surface area contributed by atoms with Gasteiger partial charge in [-0.3, -0.25) is 9.59 Å². The lowest BCUT2D eigenvalue weighted by atomic mass is 9.81. The summed E-state index contributed by atoms with van der Waals surface area (Å²) in [6.07, 6.45) is 2.40. The summed E-state index contributed by atoms with van der Waals surface area (Å²) in [5.74, 6) is 0.861. The second kappa shape index (κ2) is 6.00. The fourth-order valence-corrected chi connectivity index (χ4v) is 3.72. The van der Waals surface area contributed by atoms with Crippen LogP contribution in [0.3, 0.4) is 0 Å². The zero-order valence-electron chi connectivity index (χ0n) is 12.3. The highest BCUT2D eigenvalue weighted by atomic mass is 32.2. The SMILES string of the molecule is CCCCSC(=O)C[C@]1(C)C(=O)N(C)c2ccccc21. The number of rotatable bonds is 5. The highest BCUT2D eigenvalue weighted by Crippen LogP contribution is 2.43. The summed E-state index contributed by atoms with van der Waals surface area (Å²) in [4.78, 5) is 26.3. The van der Waals surface area contributed by atoms with E-state index in [1.165, 1.54) is 11.8 Å². The Morgan fingerprint density at radius 1 is 1.35 bits per heavy atom. The van der Waals surface area contributed by atoms with Crippen molar-refractivity contribution in [3.05, 3.63) is 29.8 Å². The number of hydrogen-bond acceptors (Lipinski definition) is 3. The molecule has 0 fully saturated rings. The summed E-state index contributed by atoms with van der Waals surface area (Å²) in [6.45, 7) is 3.99. The Balaban J connectivity index is 2.17. The Bertz CT molecular complexity index is 529. The van der Waals surface area contributed by atoms with E-state index in [2.05, 4.69) is 6.92 Å². The molecule has 0 bridgehead atoms. The van der Waals surface area contributed by atoms with Crippen LogP contribution in [0.2, 0.25) is 0 Å². The lowest BCUT2D eigenvalue weighted by molar-refractivity contribution is -0.125. The van der Waals surface area contributed by atoms with Gasteiger partial charge in [-0.1, -0.05) is 43.3 Å². The normalized spacial score (nSPS) is 21.1. The summed E-state index contributed by atoms with van der Waals surface area (Å²) in [6, 6.07) is 7.75. The number of para-hydroxylation sites is 1. The lowest BCUT2D eigenvalue weighted by Crippen LogP contribution is -2.37. The molecule has 0 aromatic heterocycles. The molecule has 20 heavy (non-hydrogen) atoms. The van der Waals surface area contributed by atoms with Crippen LogP contribution in [-0.2, 0) is 15.0 Å². The van der Waals surface area contributed by atoms with Crippen LogP contribution < -0.4 is 4.90 Å². The Kier molecular flexibility index (Phi) is 4.53. The van der Waals surface area contributed by atoms with Gasteiger partial charge < -0.3 is 4.90 Å². The Hall–Kier alpha value is -1.29. The molecule has 1 aliphatic heterocycles. The van der Waals surface area contributed by atoms with E-state index in [0.29, 0.717) is 0 Å². The first-order valence-electron chi connectivity index (χ1n) is 7.04. The molecule has 0 unspecified atom stereocenters. The Morgan fingerprint density at radius 3 is 2.75 bits per heavy atom. The number of anilines is 1. The molecular weight excluding hydrogens is 270 g/mol. The number of unbranched alkanes of at least 4 members (excludes halogenated alkanes) is 1. The fraction of sp³-hybridized carbons (Fsp3) is 0.500. The zero-order valence-corrected chi connectivity index (χ0v) is 13.1. The molecule has 0 radical (unpaired) electrons. The molecule has 2 rings (SSSR count). The van der Waals surface area contributed by atoms with Gasteiger partial charge in [0.2, 0.25) is 5.91 Å². The van der Waals surface area contributed by atoms with Crippen molar-refractivity contribution in [1.82, 2.24) is 0 Å². The molecule has 1 heterocycles. The van der Waals surface area contributed by atoms with Crippen LogP contribution in [0, 0.1) is 0 Å². The summed E-state index contributed by atoms with van der Waals surface area (Å²) in [5, 5.41) is 0.111. The van der Waals surface area contributed by atoms with Crippen LogP contribution in [0.1, 0.15) is 38.7 Å². The zero-order chi connectivity index (χ0) is 14.8. The molecule has 3 nitrogen and oxygen atoms in total. The largest absolute Gasteiger partial charge is 0.314 e. The average Bonchev–Trinajstić information content (AvgIpc) is 2.62. The minimum atomic E-state index is -0.707. The van der Waals surface area contributed by atoms with Gasteiger partial charge in [0.25, 0.3) is 0 Å². The molecule has 1 aliphatic rings. The van der Waals surface area contributed by atoms with Crippen molar-refractivity contribution in [2.75, 3.05) is 17.7 Å². The molecule has 1 aromatic rings. The van der Waals surface area contributed by atoms with E-state index in [1.807, 2.05) is 31.2 Å². The molecule has 0 spiro atoms. The van der Waals surface area contributed by atoms with Crippen molar-refractivity contribution >= 4 is 28.5 Å². The van der Waals surface area contributed by atoms with Crippen molar-refractivity contribution < 1.29 is 9.59 Å². The third kappa shape index (κ3) is 2.62. The minimum absolute atomic E-state index is 0.0168. The van der Waals surface area contributed by atoms with Gasteiger partial charge >= 0.3 is 0 Å². The van der Waals surface area contributed by atoms with Gasteiger partial charge in [0.05, 0.1) is 5.41 Å². The predicted molar refractivity (Wildman–Crippen MR) is 84.2 cm³/mol. The van der Waals surface area contributed by atoms with Crippen LogP contribution in [0.15, 0.2) is 24.3 Å². The number of carbonyl (C=O) groups excluding carboxylic acids is 2. The summed E-state index contributed by atoms with van der Waals surface area (Å²) in [5.41, 5.74) is 1.19. The van der Waals surface area contributed by atoms with Gasteiger partial charge in [-0.25, -0.2) is 0 Å². The van der Waals surface area contributed by atoms with Crippen molar-refractivity contribution in [3.63, 3.8) is 0 Å². The number of carbonyl (C=O) groups is 2. The van der Waals surface area contributed by atoms with E-state index >= 15 is 0 Å². The molecule has 1 atom stereocenters. The molecule has 0 aliphatic carbocycles. The fourth-order valence-electron chi connectivity index (χ4n) is 2.67. The smallest absolute Gasteiger partial charge is 0.237 e. The van der Waals surface area contributed by atoms with E-state index in [4.69, 9.17) is 0 Å². The van der Waals surface area contributed by atoms with Crippen LogP contribution in [-0.4, -0.2) is 23.8 Å². The Morgan fingerprint density at radius 2 is 2.05 bits per heavy atom. The van der Waals surface area contributed by atoms with E-state index in [9.17, 15) is 9.59 Å². The molecule has 1 amide bonds. The van der Waals surface area contributed by atoms with Crippen LogP contribution >= 0.6 is 11.8 Å². The van der Waals surface area contributed by atoms with Crippen LogP contribution in [0.4, 0.5) is 5.69 Å². The molecule has 0 saturated heterocycles. The van der Waals surface area contributed by atoms with Gasteiger partial charge in [-0.15, -0.1) is 0 Å². The highest BCUT2D eigenvalue weighted by Gasteiger charge is 2.46. The van der Waals surface area contributed by atoms with E-state index < -0.39 is 5.41 Å². The first kappa shape index (κ1) is 15.1. The van der Waals surface area contributed by atoms with Gasteiger partial charge in [0, 0.05) is 24.9 Å². The minimum Gasteiger partial charge on any atom is -0.314 e. The van der Waals surface area contributed by atoms with E-state index in [0.717, 1.165) is 29.8 Å². The van der Waals surface area contributed by atoms with Crippen molar-refractivity contribution in [2.45, 2.75) is 38.5 Å². The van der Waals surface area contributed by atoms with Crippen LogP contribution in [0.5, 0.6) is 0 Å². The van der Waals surface area contributed by atoms with Crippen molar-refractivity contribution in [3.8, 4) is 0 Å². The lowest BCUT2D eigenvalue weighted by Gasteiger charge is -2.22. The number of thioether (sulfide) groups is 1. The average molecular weight is 291 g/mol. The number of benzene rings is 1. The molecule has 0 N–H and O–H groups in total. The number of amides is 1. The maximum Gasteiger partial charge on any atom is 0.237 e. The number of likely N-dealkylation sites (N-methyl/N-ethyl adjacent to an activating group) is 1. The maximum absolute atomic E-state index is 12.5. The Labute approximate surface area is 124 Å². The summed E-state index contributed by atoms with van der Waals surface area (Å²) < 4.78 is 0. The van der Waals surface area contributed by atoms with Crippen LogP contribution in [0.25, 0.3) is 0 Å². The predicted octanol–water partition coefficient (Wildman–Crippen LogP) is 3.37. The first-order valence-corrected chi connectivity index (χ1v) is 8.02. The standard InChI is InChI=1S/C16H21NO2S/c1-4-5-10-20-14(18)11-16(2)12-8-6-7-9-13(12)17(3)15(16)19/h6-9H,4-5,10-11H2,1-3H3/t16-/m0/s1. The highest BCUT2D eigenvalue weighted by molar-refractivity contribution is 8.13. The topological polar surface area (TPSA) is 37.4 Å². The quantitative estimate of drug-likeness (QED) is 0.781. The van der Waals surface area contributed by atoms with Crippen molar-refractivity contribution in [1.29, 1.82) is 0 Å². The summed E-state index contributed by atoms with van der Waals surface area (Å²) >= 11 is 1.35. The molecule has 0 saturated carbocycles. The molecule has 1 aromatic carbocycles. The second-order valence-electron chi connectivity index (χ2n) is 5.46. The molecular formula is C16H21NO2S. The van der Waals surface area contributed by atoms with Gasteiger partial charge in [-0.05, 0) is 25.0 Å².